The van der Waals surface area contributed by atoms with Crippen LogP contribution in [0.1, 0.15) is 23.6 Å². The molecule has 1 atom stereocenters. The van der Waals surface area contributed by atoms with Gasteiger partial charge in [-0.2, -0.15) is 0 Å². The number of carbonyl (C=O) groups is 2. The van der Waals surface area contributed by atoms with E-state index in [0.29, 0.717) is 0 Å². The zero-order valence-corrected chi connectivity index (χ0v) is 11.6. The maximum atomic E-state index is 13.1. The second-order valence-electron chi connectivity index (χ2n) is 4.48. The molecule has 2 rings (SSSR count). The maximum absolute atomic E-state index is 13.1. The Labute approximate surface area is 122 Å². The molecule has 5 nitrogen and oxygen atoms in total. The topological polar surface area (TPSA) is 84.2 Å². The molecule has 1 aliphatic carbocycles. The summed E-state index contributed by atoms with van der Waals surface area (Å²) in [6.07, 6.45) is 1.49. The first kappa shape index (κ1) is 16.4. The van der Waals surface area contributed by atoms with Gasteiger partial charge in [0, 0.05) is 0 Å². The monoisotopic (exact) mass is 301 g/mol. The van der Waals surface area contributed by atoms with Crippen molar-refractivity contribution in [3.63, 3.8) is 0 Å². The summed E-state index contributed by atoms with van der Waals surface area (Å²) in [6, 6.07) is 4.47. The highest BCUT2D eigenvalue weighted by Crippen LogP contribution is 2.31. The van der Waals surface area contributed by atoms with Gasteiger partial charge < -0.3 is 16.4 Å². The molecule has 1 aromatic carbocycles. The first-order valence-electron chi connectivity index (χ1n) is 6.14. The number of aryl methyl sites for hydroxylation is 1. The third-order valence-corrected chi connectivity index (χ3v) is 3.15. The highest BCUT2D eigenvalue weighted by molar-refractivity contribution is 5.86. The summed E-state index contributed by atoms with van der Waals surface area (Å²) in [4.78, 5) is 22.6. The molecule has 4 N–H and O–H groups in total. The minimum atomic E-state index is -0.371. The van der Waals surface area contributed by atoms with Gasteiger partial charge in [0.05, 0.1) is 19.1 Å². The van der Waals surface area contributed by atoms with Crippen LogP contribution in [-0.2, 0) is 16.0 Å². The van der Waals surface area contributed by atoms with Crippen LogP contribution in [-0.4, -0.2) is 24.9 Å². The quantitative estimate of drug-likeness (QED) is 0.754. The molecule has 1 unspecified atom stereocenters. The number of hydrogen-bond acceptors (Lipinski definition) is 3. The second kappa shape index (κ2) is 7.21. The molecular formula is C13H17ClFN3O2. The molecule has 2 amide bonds. The average molecular weight is 302 g/mol. The fourth-order valence-electron chi connectivity index (χ4n) is 2.23. The smallest absolute Gasteiger partial charge is 0.239 e. The van der Waals surface area contributed by atoms with Crippen molar-refractivity contribution in [2.24, 2.45) is 5.73 Å². The molecule has 0 spiro atoms. The highest BCUT2D eigenvalue weighted by atomic mass is 35.5. The summed E-state index contributed by atoms with van der Waals surface area (Å²) in [7, 11) is 0. The lowest BCUT2D eigenvalue weighted by Crippen LogP contribution is -2.40. The molecule has 0 fully saturated rings. The number of hydrogen-bond donors (Lipinski definition) is 3. The Kier molecular flexibility index (Phi) is 5.91. The van der Waals surface area contributed by atoms with Gasteiger partial charge in [0.1, 0.15) is 5.82 Å². The van der Waals surface area contributed by atoms with Crippen molar-refractivity contribution in [2.75, 3.05) is 13.1 Å². The number of nitrogens with two attached hydrogens (primary N) is 1. The Hall–Kier alpha value is -1.66. The maximum Gasteiger partial charge on any atom is 0.239 e. The van der Waals surface area contributed by atoms with Crippen LogP contribution in [0.25, 0.3) is 0 Å². The summed E-state index contributed by atoms with van der Waals surface area (Å²) in [5, 5.41) is 5.22. The lowest BCUT2D eigenvalue weighted by atomic mass is 10.1. The number of carbonyl (C=O) groups excluding carboxylic acids is 2. The van der Waals surface area contributed by atoms with E-state index in [1.807, 2.05) is 0 Å². The molecule has 0 bridgehead atoms. The Morgan fingerprint density at radius 1 is 1.35 bits per heavy atom. The van der Waals surface area contributed by atoms with E-state index in [1.54, 1.807) is 6.07 Å². The van der Waals surface area contributed by atoms with Crippen LogP contribution in [0.2, 0.25) is 0 Å². The van der Waals surface area contributed by atoms with Crippen LogP contribution in [0.3, 0.4) is 0 Å². The van der Waals surface area contributed by atoms with Gasteiger partial charge >= 0.3 is 0 Å². The molecule has 0 radical (unpaired) electrons. The fraction of sp³-hybridized carbons (Fsp3) is 0.385. The third-order valence-electron chi connectivity index (χ3n) is 3.15. The van der Waals surface area contributed by atoms with Crippen molar-refractivity contribution in [2.45, 2.75) is 18.9 Å². The van der Waals surface area contributed by atoms with E-state index in [-0.39, 0.29) is 49.2 Å². The molecule has 0 heterocycles. The lowest BCUT2D eigenvalue weighted by molar-refractivity contribution is -0.125. The standard InChI is InChI=1S/C13H16FN3O2.ClH/c14-9-2-3-10-8(5-9)1-4-11(10)17-13(19)7-16-12(18)6-15;/h2-3,5,11H,1,4,6-7,15H2,(H,16,18)(H,17,19);1H. The molecule has 1 aliphatic rings. The van der Waals surface area contributed by atoms with Crippen LogP contribution in [0.4, 0.5) is 4.39 Å². The van der Waals surface area contributed by atoms with Gasteiger partial charge in [0.2, 0.25) is 11.8 Å². The zero-order valence-electron chi connectivity index (χ0n) is 10.8. The summed E-state index contributed by atoms with van der Waals surface area (Å²) >= 11 is 0. The van der Waals surface area contributed by atoms with Crippen LogP contribution in [0.5, 0.6) is 0 Å². The minimum absolute atomic E-state index is 0. The second-order valence-corrected chi connectivity index (χ2v) is 4.48. The predicted octanol–water partition coefficient (Wildman–Crippen LogP) is 0.426. The largest absolute Gasteiger partial charge is 0.348 e. The SMILES string of the molecule is Cl.NCC(=O)NCC(=O)NC1CCc2cc(F)ccc21. The average Bonchev–Trinajstić information content (AvgIpc) is 2.78. The molecule has 0 saturated carbocycles. The Bertz CT molecular complexity index is 510. The molecular weight excluding hydrogens is 285 g/mol. The molecule has 0 saturated heterocycles. The first-order valence-corrected chi connectivity index (χ1v) is 6.14. The van der Waals surface area contributed by atoms with Gasteiger partial charge in [0.25, 0.3) is 0 Å². The van der Waals surface area contributed by atoms with Gasteiger partial charge in [-0.3, -0.25) is 9.59 Å². The summed E-state index contributed by atoms with van der Waals surface area (Å²) < 4.78 is 13.1. The highest BCUT2D eigenvalue weighted by Gasteiger charge is 2.24. The fourth-order valence-corrected chi connectivity index (χ4v) is 2.23. The number of nitrogens with one attached hydrogen (secondary N) is 2. The molecule has 7 heteroatoms. The first-order chi connectivity index (χ1) is 9.10. The van der Waals surface area contributed by atoms with Crippen molar-refractivity contribution in [3.05, 3.63) is 35.1 Å². The summed E-state index contributed by atoms with van der Waals surface area (Å²) in [5.74, 6) is -0.908. The van der Waals surface area contributed by atoms with E-state index >= 15 is 0 Å². The predicted molar refractivity (Wildman–Crippen MR) is 74.9 cm³/mol. The van der Waals surface area contributed by atoms with Gasteiger partial charge in [0.15, 0.2) is 0 Å². The van der Waals surface area contributed by atoms with E-state index in [1.165, 1.54) is 12.1 Å². The Balaban J connectivity index is 0.00000200. The molecule has 0 aliphatic heterocycles. The van der Waals surface area contributed by atoms with Crippen molar-refractivity contribution in [1.29, 1.82) is 0 Å². The van der Waals surface area contributed by atoms with E-state index in [2.05, 4.69) is 10.6 Å². The van der Waals surface area contributed by atoms with E-state index in [0.717, 1.165) is 24.0 Å². The molecule has 1 aromatic rings. The number of fused-ring (bicyclic) bond motifs is 1. The lowest BCUT2D eigenvalue weighted by Gasteiger charge is -2.14. The van der Waals surface area contributed by atoms with Crippen LogP contribution in [0.15, 0.2) is 18.2 Å². The number of rotatable bonds is 4. The number of benzene rings is 1. The van der Waals surface area contributed by atoms with Gasteiger partial charge in [-0.25, -0.2) is 4.39 Å². The number of halogens is 2. The van der Waals surface area contributed by atoms with Crippen molar-refractivity contribution in [1.82, 2.24) is 10.6 Å². The molecule has 110 valence electrons. The van der Waals surface area contributed by atoms with E-state index in [9.17, 15) is 14.0 Å². The van der Waals surface area contributed by atoms with Crippen molar-refractivity contribution >= 4 is 24.2 Å². The van der Waals surface area contributed by atoms with Crippen LogP contribution >= 0.6 is 12.4 Å². The van der Waals surface area contributed by atoms with Gasteiger partial charge in [-0.05, 0) is 36.1 Å². The normalized spacial score (nSPS) is 16.0. The summed E-state index contributed by atoms with van der Waals surface area (Å²) in [6.45, 7) is -0.234. The summed E-state index contributed by atoms with van der Waals surface area (Å²) in [5.41, 5.74) is 6.99. The van der Waals surface area contributed by atoms with Crippen molar-refractivity contribution < 1.29 is 14.0 Å². The Morgan fingerprint density at radius 2 is 2.10 bits per heavy atom. The third kappa shape index (κ3) is 3.91. The van der Waals surface area contributed by atoms with Gasteiger partial charge in [-0.15, -0.1) is 12.4 Å². The Morgan fingerprint density at radius 3 is 2.80 bits per heavy atom. The molecule has 0 aromatic heterocycles. The van der Waals surface area contributed by atoms with Gasteiger partial charge in [-0.1, -0.05) is 6.07 Å². The molecule has 20 heavy (non-hydrogen) atoms. The zero-order chi connectivity index (χ0) is 13.8. The number of amides is 2. The van der Waals surface area contributed by atoms with Crippen molar-refractivity contribution in [3.8, 4) is 0 Å². The van der Waals surface area contributed by atoms with E-state index < -0.39 is 0 Å². The van der Waals surface area contributed by atoms with E-state index in [4.69, 9.17) is 5.73 Å². The van der Waals surface area contributed by atoms with Crippen LogP contribution in [0, 0.1) is 5.82 Å². The van der Waals surface area contributed by atoms with Crippen LogP contribution < -0.4 is 16.4 Å². The minimum Gasteiger partial charge on any atom is -0.348 e.